The molecular weight excluding hydrogens is 370 g/mol. The third kappa shape index (κ3) is 4.30. The summed E-state index contributed by atoms with van der Waals surface area (Å²) in [7, 11) is -4.07. The van der Waals surface area contributed by atoms with Crippen LogP contribution in [0, 0.1) is 17.0 Å². The predicted molar refractivity (Wildman–Crippen MR) is 100 cm³/mol. The molecule has 0 aliphatic carbocycles. The van der Waals surface area contributed by atoms with Crippen LogP contribution in [0.4, 0.5) is 11.4 Å². The molecule has 0 aliphatic rings. The fraction of sp³-hybridized carbons (Fsp3) is 0.118. The van der Waals surface area contributed by atoms with E-state index in [1.807, 2.05) is 43.5 Å². The van der Waals surface area contributed by atoms with E-state index in [0.717, 1.165) is 23.0 Å². The molecule has 0 unspecified atom stereocenters. The molecule has 1 heterocycles. The van der Waals surface area contributed by atoms with Crippen LogP contribution < -0.4 is 10.5 Å². The molecule has 3 N–H and O–H groups in total. The molecule has 0 aliphatic heterocycles. The summed E-state index contributed by atoms with van der Waals surface area (Å²) >= 11 is 0. The molecule has 0 atom stereocenters. The lowest BCUT2D eigenvalue weighted by molar-refractivity contribution is -0.385. The molecule has 140 valence electrons. The number of nitrogens with one attached hydrogen (secondary N) is 1. The third-order valence-corrected chi connectivity index (χ3v) is 4.77. The number of non-ortho nitro benzene ring substituents is 1. The average molecular weight is 387 g/mol. The van der Waals surface area contributed by atoms with E-state index in [4.69, 9.17) is 5.14 Å². The van der Waals surface area contributed by atoms with Crippen LogP contribution in [0.5, 0.6) is 0 Å². The van der Waals surface area contributed by atoms with Gasteiger partial charge in [-0.2, -0.15) is 5.10 Å². The number of nitro groups is 1. The van der Waals surface area contributed by atoms with Crippen molar-refractivity contribution in [1.82, 2.24) is 9.78 Å². The maximum Gasteiger partial charge on any atom is 0.272 e. The second kappa shape index (κ2) is 7.17. The van der Waals surface area contributed by atoms with Gasteiger partial charge in [-0.25, -0.2) is 18.2 Å². The Bertz CT molecular complexity index is 1110. The number of aromatic nitrogens is 2. The normalized spacial score (nSPS) is 11.3. The number of nitrogens with two attached hydrogens (primary N) is 1. The van der Waals surface area contributed by atoms with Gasteiger partial charge in [0.1, 0.15) is 0 Å². The molecule has 2 aromatic carbocycles. The summed E-state index contributed by atoms with van der Waals surface area (Å²) in [5.41, 5.74) is 2.51. The molecule has 0 saturated carbocycles. The maximum absolute atomic E-state index is 11.6. The van der Waals surface area contributed by atoms with Gasteiger partial charge in [-0.1, -0.05) is 18.2 Å². The summed E-state index contributed by atoms with van der Waals surface area (Å²) in [6.07, 6.45) is 1.83. The number of rotatable bonds is 6. The minimum Gasteiger partial charge on any atom is -0.381 e. The molecule has 3 rings (SSSR count). The van der Waals surface area contributed by atoms with Crippen molar-refractivity contribution in [2.75, 3.05) is 5.32 Å². The van der Waals surface area contributed by atoms with Crippen LogP contribution in [0.3, 0.4) is 0 Å². The molecule has 27 heavy (non-hydrogen) atoms. The monoisotopic (exact) mass is 387 g/mol. The van der Waals surface area contributed by atoms with E-state index >= 15 is 0 Å². The predicted octanol–water partition coefficient (Wildman–Crippen LogP) is 2.35. The van der Waals surface area contributed by atoms with Crippen molar-refractivity contribution in [2.45, 2.75) is 18.4 Å². The van der Waals surface area contributed by atoms with E-state index in [-0.39, 0.29) is 16.3 Å². The molecule has 9 nitrogen and oxygen atoms in total. The Kier molecular flexibility index (Phi) is 4.93. The van der Waals surface area contributed by atoms with Crippen LogP contribution in [0.1, 0.15) is 11.3 Å². The maximum atomic E-state index is 11.6. The summed E-state index contributed by atoms with van der Waals surface area (Å²) in [6.45, 7) is 2.19. The van der Waals surface area contributed by atoms with Gasteiger partial charge in [0.25, 0.3) is 5.69 Å². The van der Waals surface area contributed by atoms with Gasteiger partial charge >= 0.3 is 0 Å². The lowest BCUT2D eigenvalue weighted by Gasteiger charge is -2.12. The van der Waals surface area contributed by atoms with Crippen LogP contribution in [0.2, 0.25) is 0 Å². The van der Waals surface area contributed by atoms with Crippen molar-refractivity contribution in [3.63, 3.8) is 0 Å². The van der Waals surface area contributed by atoms with Crippen molar-refractivity contribution >= 4 is 21.4 Å². The van der Waals surface area contributed by atoms with Crippen LogP contribution in [-0.2, 0) is 16.6 Å². The first-order chi connectivity index (χ1) is 12.7. The van der Waals surface area contributed by atoms with Gasteiger partial charge in [-0.15, -0.1) is 0 Å². The lowest BCUT2D eigenvalue weighted by atomic mass is 10.1. The summed E-state index contributed by atoms with van der Waals surface area (Å²) in [4.78, 5) is 10.1. The lowest BCUT2D eigenvalue weighted by Crippen LogP contribution is -2.13. The highest BCUT2D eigenvalue weighted by Gasteiger charge is 2.16. The Morgan fingerprint density at radius 2 is 1.96 bits per heavy atom. The second-order valence-corrected chi connectivity index (χ2v) is 7.46. The van der Waals surface area contributed by atoms with Gasteiger partial charge in [-0.3, -0.25) is 10.1 Å². The van der Waals surface area contributed by atoms with Crippen molar-refractivity contribution in [3.05, 3.63) is 76.1 Å². The van der Waals surface area contributed by atoms with E-state index in [2.05, 4.69) is 10.4 Å². The summed E-state index contributed by atoms with van der Waals surface area (Å²) in [5.74, 6) is 0. The number of aryl methyl sites for hydroxylation is 1. The van der Waals surface area contributed by atoms with Gasteiger partial charge in [0.15, 0.2) is 0 Å². The number of sulfonamides is 1. The van der Waals surface area contributed by atoms with Gasteiger partial charge in [0.2, 0.25) is 10.0 Å². The first kappa shape index (κ1) is 18.5. The zero-order valence-electron chi connectivity index (χ0n) is 14.4. The molecule has 0 spiro atoms. The smallest absolute Gasteiger partial charge is 0.272 e. The topological polar surface area (TPSA) is 133 Å². The highest BCUT2D eigenvalue weighted by atomic mass is 32.2. The summed E-state index contributed by atoms with van der Waals surface area (Å²) < 4.78 is 24.9. The summed E-state index contributed by atoms with van der Waals surface area (Å²) in [5, 5.41) is 23.6. The van der Waals surface area contributed by atoms with Crippen LogP contribution in [0.15, 0.2) is 59.6 Å². The molecule has 0 radical (unpaired) electrons. The van der Waals surface area contributed by atoms with Gasteiger partial charge < -0.3 is 5.32 Å². The number of hydrogen-bond acceptors (Lipinski definition) is 6. The Morgan fingerprint density at radius 3 is 2.59 bits per heavy atom. The van der Waals surface area contributed by atoms with E-state index < -0.39 is 14.9 Å². The molecule has 0 amide bonds. The highest BCUT2D eigenvalue weighted by molar-refractivity contribution is 7.89. The number of nitrogens with zero attached hydrogens (tertiary/aromatic N) is 3. The van der Waals surface area contributed by atoms with Crippen molar-refractivity contribution in [3.8, 4) is 5.69 Å². The average Bonchev–Trinajstić information content (AvgIpc) is 3.05. The van der Waals surface area contributed by atoms with E-state index in [9.17, 15) is 18.5 Å². The minimum atomic E-state index is -4.07. The van der Waals surface area contributed by atoms with E-state index in [1.165, 1.54) is 12.1 Å². The molecule has 10 heteroatoms. The number of hydrogen-bond donors (Lipinski definition) is 2. The van der Waals surface area contributed by atoms with Crippen molar-refractivity contribution < 1.29 is 13.3 Å². The van der Waals surface area contributed by atoms with Crippen molar-refractivity contribution in [1.29, 1.82) is 0 Å². The third-order valence-electron chi connectivity index (χ3n) is 3.87. The van der Waals surface area contributed by atoms with E-state index in [0.29, 0.717) is 6.54 Å². The van der Waals surface area contributed by atoms with Crippen molar-refractivity contribution in [2.24, 2.45) is 5.14 Å². The fourth-order valence-corrected chi connectivity index (χ4v) is 3.16. The fourth-order valence-electron chi connectivity index (χ4n) is 2.59. The Morgan fingerprint density at radius 1 is 1.22 bits per heavy atom. The number of para-hydroxylation sites is 1. The van der Waals surface area contributed by atoms with Gasteiger partial charge in [-0.05, 0) is 30.7 Å². The largest absolute Gasteiger partial charge is 0.381 e. The SMILES string of the molecule is Cc1ccn(-c2ccccc2CNc2cc([N+](=O)[O-])cc(S(N)(=O)=O)c2)n1. The standard InChI is InChI=1S/C17H17N5O4S/c1-12-6-7-21(20-12)17-5-3-2-4-13(17)11-19-14-8-15(22(23)24)10-16(9-14)27(18,25)26/h2-10,19H,11H2,1H3,(H2,18,25,26). The molecule has 3 aromatic rings. The van der Waals surface area contributed by atoms with E-state index in [1.54, 1.807) is 4.68 Å². The molecule has 0 saturated heterocycles. The Balaban J connectivity index is 1.92. The number of nitro benzene ring substituents is 1. The number of primary sulfonamides is 1. The second-order valence-electron chi connectivity index (χ2n) is 5.90. The molecular formula is C17H17N5O4S. The zero-order valence-corrected chi connectivity index (χ0v) is 15.2. The molecule has 0 bridgehead atoms. The Labute approximate surface area is 155 Å². The number of anilines is 1. The number of benzene rings is 2. The van der Waals surface area contributed by atoms with Crippen LogP contribution in [0.25, 0.3) is 5.69 Å². The van der Waals surface area contributed by atoms with Crippen LogP contribution >= 0.6 is 0 Å². The van der Waals surface area contributed by atoms with Gasteiger partial charge in [0.05, 0.1) is 21.2 Å². The first-order valence-electron chi connectivity index (χ1n) is 7.91. The van der Waals surface area contributed by atoms with Gasteiger partial charge in [0, 0.05) is 30.6 Å². The molecule has 1 aromatic heterocycles. The Hall–Kier alpha value is -3.24. The van der Waals surface area contributed by atoms with Crippen LogP contribution in [-0.4, -0.2) is 23.1 Å². The quantitative estimate of drug-likeness (QED) is 0.493. The summed E-state index contributed by atoms with van der Waals surface area (Å²) in [6, 6.07) is 12.9. The highest BCUT2D eigenvalue weighted by Crippen LogP contribution is 2.24. The molecule has 0 fully saturated rings. The zero-order chi connectivity index (χ0) is 19.6. The first-order valence-corrected chi connectivity index (χ1v) is 9.45. The minimum absolute atomic E-state index is 0.277.